The highest BCUT2D eigenvalue weighted by molar-refractivity contribution is 6.34. The Morgan fingerprint density at radius 2 is 1.92 bits per heavy atom. The Bertz CT molecular complexity index is 1600. The van der Waals surface area contributed by atoms with E-state index in [0.29, 0.717) is 42.0 Å². The Kier molecular flexibility index (Phi) is 12.4. The number of likely N-dealkylation sites (tertiary alicyclic amines) is 1. The van der Waals surface area contributed by atoms with Crippen molar-refractivity contribution in [3.8, 4) is 0 Å². The summed E-state index contributed by atoms with van der Waals surface area (Å²) in [6.45, 7) is 11.0. The van der Waals surface area contributed by atoms with Gasteiger partial charge in [-0.25, -0.2) is 0 Å². The van der Waals surface area contributed by atoms with Crippen LogP contribution in [0.1, 0.15) is 56.3 Å². The predicted molar refractivity (Wildman–Crippen MR) is 193 cm³/mol. The van der Waals surface area contributed by atoms with E-state index in [4.69, 9.17) is 25.8 Å². The fourth-order valence-corrected chi connectivity index (χ4v) is 8.43. The summed E-state index contributed by atoms with van der Waals surface area (Å²) in [4.78, 5) is 59.9. The minimum atomic E-state index is -1.35. The van der Waals surface area contributed by atoms with Crippen LogP contribution in [0.4, 0.5) is 5.69 Å². The summed E-state index contributed by atoms with van der Waals surface area (Å²) < 4.78 is 18.4. The summed E-state index contributed by atoms with van der Waals surface area (Å²) in [5.41, 5.74) is 0.517. The Morgan fingerprint density at radius 3 is 2.55 bits per heavy atom. The van der Waals surface area contributed by atoms with Gasteiger partial charge in [-0.1, -0.05) is 73.1 Å². The molecule has 3 aliphatic heterocycles. The fourth-order valence-electron chi connectivity index (χ4n) is 8.10. The minimum Gasteiger partial charge on any atom is -0.455 e. The second-order valence-electron chi connectivity index (χ2n) is 13.4. The van der Waals surface area contributed by atoms with Crippen LogP contribution in [0.5, 0.6) is 0 Å². The smallest absolute Gasteiger partial charge is 0.313 e. The van der Waals surface area contributed by atoms with Crippen molar-refractivity contribution >= 4 is 41.0 Å². The molecule has 8 atom stereocenters. The molecule has 274 valence electrons. The first-order valence-electron chi connectivity index (χ1n) is 17.5. The number of nitrogens with one attached hydrogen (secondary N) is 1. The number of nitrogens with zero attached hydrogens (tertiary/aromatic N) is 2. The van der Waals surface area contributed by atoms with Gasteiger partial charge in [-0.2, -0.15) is 0 Å². The van der Waals surface area contributed by atoms with Crippen molar-refractivity contribution in [2.75, 3.05) is 31.8 Å². The summed E-state index contributed by atoms with van der Waals surface area (Å²) in [5.74, 6) is -3.90. The molecule has 3 amide bonds. The average molecular weight is 722 g/mol. The second-order valence-corrected chi connectivity index (χ2v) is 13.8. The molecule has 51 heavy (non-hydrogen) atoms. The van der Waals surface area contributed by atoms with Gasteiger partial charge in [0.25, 0.3) is 5.91 Å². The van der Waals surface area contributed by atoms with Crippen molar-refractivity contribution in [1.29, 1.82) is 0 Å². The molecule has 0 unspecified atom stereocenters. The number of para-hydroxylation sites is 1. The molecule has 0 radical (unpaired) electrons. The number of anilines is 1. The van der Waals surface area contributed by atoms with E-state index in [2.05, 4.69) is 18.5 Å². The minimum absolute atomic E-state index is 0.0448. The average Bonchev–Trinajstić information content (AvgIpc) is 3.77. The molecule has 5 rings (SSSR count). The highest BCUT2D eigenvalue weighted by atomic mass is 35.5. The molecule has 1 spiro atoms. The Labute approximate surface area is 304 Å². The van der Waals surface area contributed by atoms with Gasteiger partial charge in [0.2, 0.25) is 11.8 Å². The van der Waals surface area contributed by atoms with Crippen molar-refractivity contribution in [1.82, 2.24) is 10.2 Å². The molecule has 2 N–H and O–H groups in total. The Hall–Kier alpha value is -4.03. The van der Waals surface area contributed by atoms with Crippen molar-refractivity contribution in [2.24, 2.45) is 11.8 Å². The van der Waals surface area contributed by atoms with E-state index in [1.165, 1.54) is 16.9 Å². The molecule has 2 aromatic rings. The predicted octanol–water partition coefficient (Wildman–Crippen LogP) is 4.69. The number of aryl methyl sites for hydroxylation is 1. The number of rotatable bonds is 17. The van der Waals surface area contributed by atoms with Gasteiger partial charge in [0.1, 0.15) is 17.7 Å². The molecular formula is C39H48ClN3O8. The molecule has 2 aromatic carbocycles. The standard InChI is InChI=1S/C39H48ClN3O8/c1-6-9-18-30(45)41-28(23-49-5)34(25-15-11-10-12-16-25)50-38(48)31-29-19-20-39(51-29)32(31)36(46)43(26(8-3)22-44)35(39)37(47)42(21-7-2)33-24(4)14-13-17-27(33)40/h6-7,10-17,26,28-29,31-32,34-35,44H,1-2,8-9,18-23H2,3-5H3,(H,41,45)/t26-,28+,29+,31-,32-,34+,35+,39-/m0/s1. The largest absolute Gasteiger partial charge is 0.455 e. The van der Waals surface area contributed by atoms with Gasteiger partial charge in [-0.15, -0.1) is 13.2 Å². The van der Waals surface area contributed by atoms with Gasteiger partial charge in [-0.05, 0) is 49.8 Å². The number of fused-ring (bicyclic) bond motifs is 1. The maximum Gasteiger partial charge on any atom is 0.313 e. The van der Waals surface area contributed by atoms with Gasteiger partial charge in [-0.3, -0.25) is 19.2 Å². The molecule has 3 fully saturated rings. The number of hydrogen-bond donors (Lipinski definition) is 2. The summed E-state index contributed by atoms with van der Waals surface area (Å²) in [7, 11) is 1.49. The van der Waals surface area contributed by atoms with Crippen LogP contribution in [-0.4, -0.2) is 90.4 Å². The number of methoxy groups -OCH3 is 1. The maximum atomic E-state index is 14.9. The number of amides is 3. The first-order chi connectivity index (χ1) is 24.6. The lowest BCUT2D eigenvalue weighted by molar-refractivity contribution is -0.163. The molecular weight excluding hydrogens is 674 g/mol. The molecule has 0 aliphatic carbocycles. The first kappa shape index (κ1) is 38.2. The van der Waals surface area contributed by atoms with Crippen LogP contribution in [0.25, 0.3) is 0 Å². The van der Waals surface area contributed by atoms with Crippen molar-refractivity contribution < 1.29 is 38.5 Å². The summed E-state index contributed by atoms with van der Waals surface area (Å²) >= 11 is 6.67. The van der Waals surface area contributed by atoms with Crippen LogP contribution in [-0.2, 0) is 33.4 Å². The lowest BCUT2D eigenvalue weighted by Crippen LogP contribution is -2.59. The normalized spacial score (nSPS) is 25.1. The number of aliphatic hydroxyl groups excluding tert-OH is 1. The SMILES string of the molecule is C=CCCC(=O)N[C@H](COC)[C@H](OC(=O)[C@@H]1[C@H]2C(=O)N([C@@H](CC)CO)[C@H](C(=O)N(CC=C)c3c(C)cccc3Cl)[C@]23CC[C@H]1O3)c1ccccc1. The summed E-state index contributed by atoms with van der Waals surface area (Å²) in [5, 5.41) is 13.8. The number of esters is 1. The number of halogens is 1. The van der Waals surface area contributed by atoms with Gasteiger partial charge in [0.05, 0.1) is 53.9 Å². The van der Waals surface area contributed by atoms with E-state index >= 15 is 0 Å². The van der Waals surface area contributed by atoms with Gasteiger partial charge in [0, 0.05) is 20.1 Å². The summed E-state index contributed by atoms with van der Waals surface area (Å²) in [6.07, 6.45) is 3.38. The molecule has 3 heterocycles. The van der Waals surface area contributed by atoms with Crippen LogP contribution in [0.15, 0.2) is 73.8 Å². The Morgan fingerprint density at radius 1 is 1.18 bits per heavy atom. The van der Waals surface area contributed by atoms with E-state index in [-0.39, 0.29) is 32.1 Å². The van der Waals surface area contributed by atoms with Crippen LogP contribution in [0.3, 0.4) is 0 Å². The Balaban J connectivity index is 1.54. The van der Waals surface area contributed by atoms with Gasteiger partial charge < -0.3 is 34.4 Å². The molecule has 3 saturated heterocycles. The van der Waals surface area contributed by atoms with Gasteiger partial charge >= 0.3 is 5.97 Å². The molecule has 0 saturated carbocycles. The quantitative estimate of drug-likeness (QED) is 0.178. The monoisotopic (exact) mass is 721 g/mol. The third kappa shape index (κ3) is 7.22. The second kappa shape index (κ2) is 16.5. The molecule has 12 heteroatoms. The maximum absolute atomic E-state index is 14.9. The van der Waals surface area contributed by atoms with E-state index < -0.39 is 65.6 Å². The van der Waals surface area contributed by atoms with Crippen molar-refractivity contribution in [3.63, 3.8) is 0 Å². The van der Waals surface area contributed by atoms with E-state index in [1.54, 1.807) is 48.6 Å². The zero-order chi connectivity index (χ0) is 36.9. The highest BCUT2D eigenvalue weighted by Crippen LogP contribution is 2.59. The topological polar surface area (TPSA) is 135 Å². The zero-order valence-corrected chi connectivity index (χ0v) is 30.2. The van der Waals surface area contributed by atoms with Crippen molar-refractivity contribution in [3.05, 3.63) is 90.0 Å². The highest BCUT2D eigenvalue weighted by Gasteiger charge is 2.75. The lowest BCUT2D eigenvalue weighted by atomic mass is 9.70. The van der Waals surface area contributed by atoms with E-state index in [9.17, 15) is 24.3 Å². The molecule has 3 aliphatic rings. The van der Waals surface area contributed by atoms with E-state index in [1.807, 2.05) is 26.0 Å². The number of ether oxygens (including phenoxy) is 3. The third-order valence-corrected chi connectivity index (χ3v) is 10.7. The number of hydrogen-bond acceptors (Lipinski definition) is 8. The number of carbonyl (C=O) groups excluding carboxylic acids is 4. The van der Waals surface area contributed by atoms with Gasteiger partial charge in [0.15, 0.2) is 0 Å². The molecule has 0 aromatic heterocycles. The molecule has 2 bridgehead atoms. The number of benzene rings is 2. The number of allylic oxidation sites excluding steroid dienone is 1. The number of carbonyl (C=O) groups is 4. The van der Waals surface area contributed by atoms with Crippen LogP contribution in [0.2, 0.25) is 5.02 Å². The third-order valence-electron chi connectivity index (χ3n) is 10.4. The van der Waals surface area contributed by atoms with Crippen molar-refractivity contribution in [2.45, 2.75) is 81.9 Å². The fraction of sp³-hybridized carbons (Fsp3) is 0.487. The van der Waals surface area contributed by atoms with Crippen LogP contribution < -0.4 is 10.2 Å². The van der Waals surface area contributed by atoms with E-state index in [0.717, 1.165) is 5.56 Å². The summed E-state index contributed by atoms with van der Waals surface area (Å²) in [6, 6.07) is 11.8. The number of aliphatic hydroxyl groups is 1. The zero-order valence-electron chi connectivity index (χ0n) is 29.5. The lowest BCUT2D eigenvalue weighted by Gasteiger charge is -2.39. The van der Waals surface area contributed by atoms with Crippen LogP contribution in [0, 0.1) is 18.8 Å². The molecule has 11 nitrogen and oxygen atoms in total. The first-order valence-corrected chi connectivity index (χ1v) is 17.9. The van der Waals surface area contributed by atoms with Crippen LogP contribution >= 0.6 is 11.6 Å².